The van der Waals surface area contributed by atoms with Crippen LogP contribution in [0.15, 0.2) is 12.3 Å². The molecule has 0 aromatic carbocycles. The van der Waals surface area contributed by atoms with E-state index >= 15 is 0 Å². The molecule has 1 aromatic heterocycles. The van der Waals surface area contributed by atoms with Crippen molar-refractivity contribution in [2.75, 3.05) is 13.1 Å². The van der Waals surface area contributed by atoms with Gasteiger partial charge in [0, 0.05) is 19.3 Å². The topological polar surface area (TPSA) is 49.0 Å². The van der Waals surface area contributed by atoms with E-state index in [0.29, 0.717) is 5.69 Å². The van der Waals surface area contributed by atoms with Crippen molar-refractivity contribution in [2.45, 2.75) is 6.42 Å². The Bertz CT molecular complexity index is 251. The predicted octanol–water partition coefficient (Wildman–Crippen LogP) is 0.256. The lowest BCUT2D eigenvalue weighted by Gasteiger charge is -2.30. The van der Waals surface area contributed by atoms with Crippen LogP contribution in [-0.4, -0.2) is 34.1 Å². The van der Waals surface area contributed by atoms with E-state index in [4.69, 9.17) is 0 Å². The molecule has 0 unspecified atom stereocenters. The summed E-state index contributed by atoms with van der Waals surface area (Å²) in [7, 11) is 0. The lowest BCUT2D eigenvalue weighted by molar-refractivity contribution is 0.0645. The zero-order chi connectivity index (χ0) is 7.68. The lowest BCUT2D eigenvalue weighted by Crippen LogP contribution is -2.42. The molecule has 1 N–H and O–H groups in total. The molecule has 0 aliphatic carbocycles. The number of amides is 1. The van der Waals surface area contributed by atoms with E-state index in [1.54, 1.807) is 17.2 Å². The highest BCUT2D eigenvalue weighted by atomic mass is 16.2. The molecule has 0 radical (unpaired) electrons. The third-order valence-corrected chi connectivity index (χ3v) is 1.87. The molecular weight excluding hydrogens is 142 g/mol. The molecule has 0 spiro atoms. The first-order valence-corrected chi connectivity index (χ1v) is 3.66. The summed E-state index contributed by atoms with van der Waals surface area (Å²) in [5.74, 6) is 0.0637. The number of likely N-dealkylation sites (tertiary alicyclic amines) is 1. The van der Waals surface area contributed by atoms with Crippen molar-refractivity contribution in [3.8, 4) is 0 Å². The number of H-pyrrole nitrogens is 1. The van der Waals surface area contributed by atoms with Crippen molar-refractivity contribution in [3.63, 3.8) is 0 Å². The summed E-state index contributed by atoms with van der Waals surface area (Å²) in [6.07, 6.45) is 2.72. The molecule has 4 nitrogen and oxygen atoms in total. The second-order valence-corrected chi connectivity index (χ2v) is 2.62. The van der Waals surface area contributed by atoms with Gasteiger partial charge < -0.3 is 4.90 Å². The fourth-order valence-electron chi connectivity index (χ4n) is 1.06. The van der Waals surface area contributed by atoms with Crippen LogP contribution >= 0.6 is 0 Å². The van der Waals surface area contributed by atoms with Crippen LogP contribution in [0.3, 0.4) is 0 Å². The quantitative estimate of drug-likeness (QED) is 0.625. The Balaban J connectivity index is 2.10. The molecule has 4 heteroatoms. The minimum absolute atomic E-state index is 0.0637. The smallest absolute Gasteiger partial charge is 0.271 e. The largest absolute Gasteiger partial charge is 0.337 e. The average molecular weight is 151 g/mol. The molecule has 1 saturated heterocycles. The van der Waals surface area contributed by atoms with E-state index in [2.05, 4.69) is 10.2 Å². The van der Waals surface area contributed by atoms with Crippen molar-refractivity contribution < 1.29 is 4.79 Å². The average Bonchev–Trinajstić information content (AvgIpc) is 2.32. The van der Waals surface area contributed by atoms with Gasteiger partial charge in [0.1, 0.15) is 5.69 Å². The van der Waals surface area contributed by atoms with Crippen LogP contribution in [0.5, 0.6) is 0 Å². The molecule has 2 heterocycles. The van der Waals surface area contributed by atoms with E-state index in [1.807, 2.05) is 0 Å². The van der Waals surface area contributed by atoms with Gasteiger partial charge in [-0.2, -0.15) is 5.10 Å². The van der Waals surface area contributed by atoms with Gasteiger partial charge in [0.2, 0.25) is 0 Å². The Labute approximate surface area is 64.2 Å². The van der Waals surface area contributed by atoms with Gasteiger partial charge in [-0.05, 0) is 12.5 Å². The SMILES string of the molecule is O=C(c1ccn[nH]1)N1CCC1. The Morgan fingerprint density at radius 1 is 1.64 bits per heavy atom. The number of nitrogens with zero attached hydrogens (tertiary/aromatic N) is 2. The van der Waals surface area contributed by atoms with Crippen molar-refractivity contribution in [2.24, 2.45) is 0 Å². The molecule has 1 amide bonds. The van der Waals surface area contributed by atoms with Crippen LogP contribution in [0.2, 0.25) is 0 Å². The van der Waals surface area contributed by atoms with E-state index in [9.17, 15) is 4.79 Å². The summed E-state index contributed by atoms with van der Waals surface area (Å²) < 4.78 is 0. The van der Waals surface area contributed by atoms with Crippen molar-refractivity contribution in [3.05, 3.63) is 18.0 Å². The minimum Gasteiger partial charge on any atom is -0.337 e. The molecule has 0 saturated carbocycles. The maximum absolute atomic E-state index is 11.3. The van der Waals surface area contributed by atoms with Crippen molar-refractivity contribution >= 4 is 5.91 Å². The Hall–Kier alpha value is -1.32. The molecule has 0 bridgehead atoms. The monoisotopic (exact) mass is 151 g/mol. The molecule has 1 aliphatic heterocycles. The first kappa shape index (κ1) is 6.39. The number of carbonyl (C=O) groups is 1. The fraction of sp³-hybridized carbons (Fsp3) is 0.429. The van der Waals surface area contributed by atoms with Gasteiger partial charge in [0.05, 0.1) is 0 Å². The number of aromatic nitrogens is 2. The highest BCUT2D eigenvalue weighted by Crippen LogP contribution is 2.09. The first-order valence-electron chi connectivity index (χ1n) is 3.66. The van der Waals surface area contributed by atoms with E-state index in [-0.39, 0.29) is 5.91 Å². The molecular formula is C7H9N3O. The van der Waals surface area contributed by atoms with E-state index < -0.39 is 0 Å². The Morgan fingerprint density at radius 2 is 2.45 bits per heavy atom. The van der Waals surface area contributed by atoms with Gasteiger partial charge in [-0.1, -0.05) is 0 Å². The van der Waals surface area contributed by atoms with Crippen LogP contribution in [0, 0.1) is 0 Å². The van der Waals surface area contributed by atoms with Crippen LogP contribution in [0.25, 0.3) is 0 Å². The zero-order valence-corrected chi connectivity index (χ0v) is 6.08. The van der Waals surface area contributed by atoms with E-state index in [1.165, 1.54) is 0 Å². The standard InChI is InChI=1S/C7H9N3O/c11-7(10-4-1-5-10)6-2-3-8-9-6/h2-3H,1,4-5H2,(H,8,9). The summed E-state index contributed by atoms with van der Waals surface area (Å²) >= 11 is 0. The molecule has 1 aromatic rings. The van der Waals surface area contributed by atoms with Crippen LogP contribution < -0.4 is 0 Å². The molecule has 1 aliphatic rings. The van der Waals surface area contributed by atoms with Gasteiger partial charge in [-0.3, -0.25) is 9.89 Å². The van der Waals surface area contributed by atoms with Crippen LogP contribution in [0.1, 0.15) is 16.9 Å². The fourth-order valence-corrected chi connectivity index (χ4v) is 1.06. The molecule has 11 heavy (non-hydrogen) atoms. The Kier molecular flexibility index (Phi) is 1.38. The minimum atomic E-state index is 0.0637. The second kappa shape index (κ2) is 2.38. The number of carbonyl (C=O) groups excluding carboxylic acids is 1. The number of aromatic amines is 1. The normalized spacial score (nSPS) is 16.2. The van der Waals surface area contributed by atoms with E-state index in [0.717, 1.165) is 19.5 Å². The van der Waals surface area contributed by atoms with Gasteiger partial charge in [0.15, 0.2) is 0 Å². The van der Waals surface area contributed by atoms with Crippen molar-refractivity contribution in [1.82, 2.24) is 15.1 Å². The molecule has 1 fully saturated rings. The summed E-state index contributed by atoms with van der Waals surface area (Å²) in [4.78, 5) is 13.1. The summed E-state index contributed by atoms with van der Waals surface area (Å²) in [5.41, 5.74) is 0.588. The van der Waals surface area contributed by atoms with Gasteiger partial charge in [-0.15, -0.1) is 0 Å². The Morgan fingerprint density at radius 3 is 2.91 bits per heavy atom. The number of hydrogen-bond acceptors (Lipinski definition) is 2. The maximum atomic E-state index is 11.3. The van der Waals surface area contributed by atoms with Crippen molar-refractivity contribution in [1.29, 1.82) is 0 Å². The predicted molar refractivity (Wildman–Crippen MR) is 39.1 cm³/mol. The lowest BCUT2D eigenvalue weighted by atomic mass is 10.2. The summed E-state index contributed by atoms with van der Waals surface area (Å²) in [6, 6.07) is 1.70. The molecule has 2 rings (SSSR count). The van der Waals surface area contributed by atoms with Crippen LogP contribution in [0.4, 0.5) is 0 Å². The van der Waals surface area contributed by atoms with Gasteiger partial charge >= 0.3 is 0 Å². The second-order valence-electron chi connectivity index (χ2n) is 2.62. The van der Waals surface area contributed by atoms with Gasteiger partial charge in [0.25, 0.3) is 5.91 Å². The summed E-state index contributed by atoms with van der Waals surface area (Å²) in [6.45, 7) is 1.77. The zero-order valence-electron chi connectivity index (χ0n) is 6.08. The molecule has 0 atom stereocenters. The third kappa shape index (κ3) is 1.00. The number of nitrogens with one attached hydrogen (secondary N) is 1. The van der Waals surface area contributed by atoms with Gasteiger partial charge in [-0.25, -0.2) is 0 Å². The van der Waals surface area contributed by atoms with Crippen LogP contribution in [-0.2, 0) is 0 Å². The maximum Gasteiger partial charge on any atom is 0.271 e. The first-order chi connectivity index (χ1) is 5.38. The molecule has 58 valence electrons. The third-order valence-electron chi connectivity index (χ3n) is 1.87. The highest BCUT2D eigenvalue weighted by molar-refractivity contribution is 5.92. The number of rotatable bonds is 1. The summed E-state index contributed by atoms with van der Waals surface area (Å²) in [5, 5.41) is 6.36. The number of hydrogen-bond donors (Lipinski definition) is 1. The highest BCUT2D eigenvalue weighted by Gasteiger charge is 2.21.